The first-order valence-electron chi connectivity index (χ1n) is 7.37. The van der Waals surface area contributed by atoms with E-state index in [9.17, 15) is 8.78 Å². The Morgan fingerprint density at radius 3 is 2.96 bits per heavy atom. The molecule has 1 aliphatic rings. The van der Waals surface area contributed by atoms with Gasteiger partial charge in [-0.25, -0.2) is 13.8 Å². The number of halogens is 2. The van der Waals surface area contributed by atoms with E-state index >= 15 is 0 Å². The fraction of sp³-hybridized carbons (Fsp3) is 0.176. The zero-order valence-electron chi connectivity index (χ0n) is 12.6. The van der Waals surface area contributed by atoms with Crippen molar-refractivity contribution in [1.29, 1.82) is 0 Å². The Morgan fingerprint density at radius 1 is 1.12 bits per heavy atom. The molecule has 0 fully saturated rings. The number of aromatic nitrogens is 2. The van der Waals surface area contributed by atoms with E-state index in [1.807, 2.05) is 0 Å². The third kappa shape index (κ3) is 2.74. The fourth-order valence-corrected chi connectivity index (χ4v) is 2.73. The summed E-state index contributed by atoms with van der Waals surface area (Å²) in [5.41, 5.74) is 3.04. The predicted octanol–water partition coefficient (Wildman–Crippen LogP) is 3.39. The van der Waals surface area contributed by atoms with Crippen molar-refractivity contribution in [2.45, 2.75) is 13.2 Å². The van der Waals surface area contributed by atoms with Crippen LogP contribution in [0.5, 0.6) is 5.75 Å². The minimum absolute atomic E-state index is 0.144. The molecule has 0 bridgehead atoms. The van der Waals surface area contributed by atoms with Crippen molar-refractivity contribution in [3.05, 3.63) is 59.4 Å². The average molecular weight is 329 g/mol. The topological polar surface area (TPSA) is 56.3 Å². The van der Waals surface area contributed by atoms with Gasteiger partial charge in [-0.3, -0.25) is 4.98 Å². The Balaban J connectivity index is 1.65. The number of hydrogen-bond donors (Lipinski definition) is 1. The Bertz CT molecular complexity index is 918. The summed E-state index contributed by atoms with van der Waals surface area (Å²) < 4.78 is 37.7. The normalized spacial score (nSPS) is 13.4. The maximum absolute atomic E-state index is 13.8. The number of hydrogen-bond acceptors (Lipinski definition) is 5. The summed E-state index contributed by atoms with van der Waals surface area (Å²) in [4.78, 5) is 8.17. The van der Waals surface area contributed by atoms with E-state index in [1.165, 1.54) is 18.2 Å². The van der Waals surface area contributed by atoms with Gasteiger partial charge in [-0.15, -0.1) is 0 Å². The van der Waals surface area contributed by atoms with Gasteiger partial charge in [0, 0.05) is 29.9 Å². The molecule has 5 nitrogen and oxygen atoms in total. The molecule has 122 valence electrons. The molecule has 0 saturated carbocycles. The minimum atomic E-state index is -0.445. The highest BCUT2D eigenvalue weighted by Crippen LogP contribution is 2.30. The second-order valence-electron chi connectivity index (χ2n) is 5.40. The van der Waals surface area contributed by atoms with Crippen molar-refractivity contribution in [3.8, 4) is 5.75 Å². The van der Waals surface area contributed by atoms with Crippen LogP contribution in [-0.4, -0.2) is 16.8 Å². The summed E-state index contributed by atoms with van der Waals surface area (Å²) in [5.74, 6) is -0.160. The molecule has 0 radical (unpaired) electrons. The van der Waals surface area contributed by atoms with Crippen LogP contribution in [0.25, 0.3) is 11.0 Å². The van der Waals surface area contributed by atoms with Crippen molar-refractivity contribution in [1.82, 2.24) is 9.97 Å². The number of fused-ring (bicyclic) bond motifs is 2. The zero-order chi connectivity index (χ0) is 16.5. The molecular formula is C17H13F2N3O2. The second-order valence-corrected chi connectivity index (χ2v) is 5.40. The molecule has 0 saturated heterocycles. The lowest BCUT2D eigenvalue weighted by atomic mass is 10.1. The highest BCUT2D eigenvalue weighted by molar-refractivity contribution is 5.86. The molecule has 1 N–H and O–H groups in total. The molecule has 1 aromatic carbocycles. The number of nitrogens with one attached hydrogen (secondary N) is 1. The van der Waals surface area contributed by atoms with Crippen LogP contribution in [0.2, 0.25) is 0 Å². The Kier molecular flexibility index (Phi) is 3.70. The lowest BCUT2D eigenvalue weighted by Gasteiger charge is -2.21. The van der Waals surface area contributed by atoms with Crippen LogP contribution >= 0.6 is 0 Å². The Labute approximate surface area is 136 Å². The van der Waals surface area contributed by atoms with Crippen LogP contribution < -0.4 is 10.1 Å². The van der Waals surface area contributed by atoms with Gasteiger partial charge in [0.05, 0.1) is 24.0 Å². The van der Waals surface area contributed by atoms with Gasteiger partial charge in [0.15, 0.2) is 6.79 Å². The first kappa shape index (κ1) is 14.8. The molecule has 7 heteroatoms. The van der Waals surface area contributed by atoms with E-state index in [2.05, 4.69) is 15.3 Å². The summed E-state index contributed by atoms with van der Waals surface area (Å²) in [6, 6.07) is 5.89. The van der Waals surface area contributed by atoms with Crippen LogP contribution in [-0.2, 0) is 17.9 Å². The maximum Gasteiger partial charge on any atom is 0.189 e. The maximum atomic E-state index is 13.8. The van der Waals surface area contributed by atoms with Gasteiger partial charge < -0.3 is 14.8 Å². The molecule has 2 aromatic heterocycles. The average Bonchev–Trinajstić information content (AvgIpc) is 2.59. The standard InChI is InChI=1S/C17H13F2N3O2/c18-12-3-10(17-11(4-12)8-23-9-24-17)6-21-14-1-2-20-15-5-13(19)7-22-16(14)15/h1-5,7H,6,8-9H2,(H,20,21). The van der Waals surface area contributed by atoms with Crippen molar-refractivity contribution in [2.24, 2.45) is 0 Å². The molecule has 0 atom stereocenters. The molecule has 1 aliphatic heterocycles. The molecule has 3 aromatic rings. The van der Waals surface area contributed by atoms with Crippen molar-refractivity contribution in [3.63, 3.8) is 0 Å². The molecule has 4 rings (SSSR count). The summed E-state index contributed by atoms with van der Waals surface area (Å²) in [6.45, 7) is 0.794. The van der Waals surface area contributed by atoms with Gasteiger partial charge in [-0.2, -0.15) is 0 Å². The Morgan fingerprint density at radius 2 is 2.04 bits per heavy atom. The van der Waals surface area contributed by atoms with Crippen LogP contribution in [0.3, 0.4) is 0 Å². The zero-order valence-corrected chi connectivity index (χ0v) is 12.6. The fourth-order valence-electron chi connectivity index (χ4n) is 2.73. The lowest BCUT2D eigenvalue weighted by Crippen LogP contribution is -2.15. The highest BCUT2D eigenvalue weighted by atomic mass is 19.1. The first-order chi connectivity index (χ1) is 11.7. The van der Waals surface area contributed by atoms with Gasteiger partial charge in [0.25, 0.3) is 0 Å². The van der Waals surface area contributed by atoms with Crippen molar-refractivity contribution < 1.29 is 18.3 Å². The van der Waals surface area contributed by atoms with Crippen LogP contribution in [0.1, 0.15) is 11.1 Å². The summed E-state index contributed by atoms with van der Waals surface area (Å²) >= 11 is 0. The molecule has 0 aliphatic carbocycles. The van der Waals surface area contributed by atoms with E-state index < -0.39 is 5.82 Å². The number of rotatable bonds is 3. The first-order valence-corrected chi connectivity index (χ1v) is 7.37. The molecule has 3 heterocycles. The summed E-state index contributed by atoms with van der Waals surface area (Å²) in [7, 11) is 0. The van der Waals surface area contributed by atoms with Gasteiger partial charge in [0.2, 0.25) is 0 Å². The molecule has 0 unspecified atom stereocenters. The van der Waals surface area contributed by atoms with Crippen LogP contribution in [0.15, 0.2) is 36.7 Å². The second kappa shape index (κ2) is 6.01. The predicted molar refractivity (Wildman–Crippen MR) is 83.5 cm³/mol. The number of pyridine rings is 2. The van der Waals surface area contributed by atoms with E-state index in [-0.39, 0.29) is 12.6 Å². The van der Waals surface area contributed by atoms with Crippen molar-refractivity contribution in [2.75, 3.05) is 12.1 Å². The SMILES string of the molecule is Fc1cc(CNc2ccnc3cc(F)cnc23)c2c(c1)COCO2. The number of ether oxygens (including phenoxy) is 2. The lowest BCUT2D eigenvalue weighted by molar-refractivity contribution is -0.0172. The summed E-state index contributed by atoms with van der Waals surface area (Å²) in [5, 5.41) is 3.19. The minimum Gasteiger partial charge on any atom is -0.467 e. The van der Waals surface area contributed by atoms with Gasteiger partial charge >= 0.3 is 0 Å². The molecule has 24 heavy (non-hydrogen) atoms. The van der Waals surface area contributed by atoms with Gasteiger partial charge in [0.1, 0.15) is 22.9 Å². The summed E-state index contributed by atoms with van der Waals surface area (Å²) in [6.07, 6.45) is 2.71. The van der Waals surface area contributed by atoms with Crippen LogP contribution in [0.4, 0.5) is 14.5 Å². The van der Waals surface area contributed by atoms with Crippen LogP contribution in [0, 0.1) is 11.6 Å². The third-order valence-corrected chi connectivity index (χ3v) is 3.77. The number of nitrogens with zero attached hydrogens (tertiary/aromatic N) is 2. The molecule has 0 amide bonds. The van der Waals surface area contributed by atoms with E-state index in [0.717, 1.165) is 6.20 Å². The Hall–Kier alpha value is -2.80. The van der Waals surface area contributed by atoms with E-state index in [0.29, 0.717) is 46.7 Å². The smallest absolute Gasteiger partial charge is 0.189 e. The van der Waals surface area contributed by atoms with E-state index in [4.69, 9.17) is 9.47 Å². The largest absolute Gasteiger partial charge is 0.467 e. The molecule has 0 spiro atoms. The number of anilines is 1. The monoisotopic (exact) mass is 329 g/mol. The van der Waals surface area contributed by atoms with Gasteiger partial charge in [-0.05, 0) is 18.2 Å². The van der Waals surface area contributed by atoms with E-state index in [1.54, 1.807) is 12.3 Å². The van der Waals surface area contributed by atoms with Gasteiger partial charge in [-0.1, -0.05) is 0 Å². The highest BCUT2D eigenvalue weighted by Gasteiger charge is 2.17. The number of benzene rings is 1. The third-order valence-electron chi connectivity index (χ3n) is 3.77. The van der Waals surface area contributed by atoms with Crippen molar-refractivity contribution >= 4 is 16.7 Å². The molecular weight excluding hydrogens is 316 g/mol. The quantitative estimate of drug-likeness (QED) is 0.798.